The second-order valence-corrected chi connectivity index (χ2v) is 5.14. The molecule has 1 unspecified atom stereocenters. The first-order valence-corrected chi connectivity index (χ1v) is 7.22. The highest BCUT2D eigenvalue weighted by Gasteiger charge is 2.04. The zero-order valence-electron chi connectivity index (χ0n) is 12.4. The van der Waals surface area contributed by atoms with E-state index in [1.54, 1.807) is 0 Å². The first-order valence-electron chi connectivity index (χ1n) is 7.22. The highest BCUT2D eigenvalue weighted by Crippen LogP contribution is 2.03. The van der Waals surface area contributed by atoms with Gasteiger partial charge < -0.3 is 14.8 Å². The lowest BCUT2D eigenvalue weighted by Gasteiger charge is -2.19. The third kappa shape index (κ3) is 5.69. The van der Waals surface area contributed by atoms with Crippen LogP contribution in [0.15, 0.2) is 18.5 Å². The monoisotopic (exact) mass is 251 g/mol. The minimum absolute atomic E-state index is 0.598. The molecule has 0 aliphatic carbocycles. The number of aromatic nitrogens is 1. The fourth-order valence-electron chi connectivity index (χ4n) is 2.22. The molecule has 1 heterocycles. The molecule has 3 heteroatoms. The summed E-state index contributed by atoms with van der Waals surface area (Å²) in [5.74, 6) is 0. The van der Waals surface area contributed by atoms with E-state index in [1.165, 1.54) is 38.0 Å². The number of hydrogen-bond donors (Lipinski definition) is 1. The van der Waals surface area contributed by atoms with Gasteiger partial charge in [0, 0.05) is 32.0 Å². The summed E-state index contributed by atoms with van der Waals surface area (Å²) in [6.07, 6.45) is 6.81. The van der Waals surface area contributed by atoms with Crippen molar-refractivity contribution in [2.75, 3.05) is 19.6 Å². The summed E-state index contributed by atoms with van der Waals surface area (Å²) in [4.78, 5) is 2.49. The number of aryl methyl sites for hydroxylation is 1. The van der Waals surface area contributed by atoms with Gasteiger partial charge >= 0.3 is 0 Å². The van der Waals surface area contributed by atoms with Crippen LogP contribution in [0.25, 0.3) is 0 Å². The molecule has 0 saturated heterocycles. The Balaban J connectivity index is 2.12. The van der Waals surface area contributed by atoms with E-state index < -0.39 is 0 Å². The van der Waals surface area contributed by atoms with E-state index >= 15 is 0 Å². The molecular weight excluding hydrogens is 222 g/mol. The molecule has 0 aliphatic heterocycles. The van der Waals surface area contributed by atoms with Gasteiger partial charge in [0.25, 0.3) is 0 Å². The average molecular weight is 251 g/mol. The van der Waals surface area contributed by atoms with Crippen molar-refractivity contribution in [3.8, 4) is 0 Å². The Morgan fingerprint density at radius 3 is 2.61 bits per heavy atom. The average Bonchev–Trinajstić information content (AvgIpc) is 2.78. The van der Waals surface area contributed by atoms with Crippen molar-refractivity contribution in [2.24, 2.45) is 7.05 Å². The summed E-state index contributed by atoms with van der Waals surface area (Å²) >= 11 is 0. The highest BCUT2D eigenvalue weighted by atomic mass is 15.1. The smallest absolute Gasteiger partial charge is 0.0223 e. The molecule has 0 fully saturated rings. The highest BCUT2D eigenvalue weighted by molar-refractivity contribution is 5.09. The Hall–Kier alpha value is -0.800. The number of rotatable bonds is 9. The van der Waals surface area contributed by atoms with Crippen LogP contribution in [0.4, 0.5) is 0 Å². The zero-order valence-corrected chi connectivity index (χ0v) is 12.4. The Morgan fingerprint density at radius 1 is 1.33 bits per heavy atom. The predicted octanol–water partition coefficient (Wildman–Crippen LogP) is 2.63. The molecule has 1 aromatic heterocycles. The largest absolute Gasteiger partial charge is 0.357 e. The van der Waals surface area contributed by atoms with Crippen molar-refractivity contribution in [2.45, 2.75) is 46.2 Å². The third-order valence-electron chi connectivity index (χ3n) is 3.55. The van der Waals surface area contributed by atoms with E-state index in [2.05, 4.69) is 61.1 Å². The molecule has 3 nitrogen and oxygen atoms in total. The van der Waals surface area contributed by atoms with Gasteiger partial charge in [-0.3, -0.25) is 0 Å². The van der Waals surface area contributed by atoms with E-state index in [0.717, 1.165) is 6.54 Å². The fraction of sp³-hybridized carbons (Fsp3) is 0.733. The van der Waals surface area contributed by atoms with Crippen molar-refractivity contribution >= 4 is 0 Å². The fourth-order valence-corrected chi connectivity index (χ4v) is 2.22. The normalized spacial score (nSPS) is 13.2. The second-order valence-electron chi connectivity index (χ2n) is 5.14. The summed E-state index contributed by atoms with van der Waals surface area (Å²) in [7, 11) is 2.07. The van der Waals surface area contributed by atoms with Gasteiger partial charge in [0.1, 0.15) is 0 Å². The molecule has 0 amide bonds. The van der Waals surface area contributed by atoms with Crippen LogP contribution in [0.5, 0.6) is 0 Å². The van der Waals surface area contributed by atoms with Crippen molar-refractivity contribution in [3.63, 3.8) is 0 Å². The summed E-state index contributed by atoms with van der Waals surface area (Å²) in [6, 6.07) is 2.77. The number of nitrogens with one attached hydrogen (secondary N) is 1. The molecule has 1 atom stereocenters. The van der Waals surface area contributed by atoms with Crippen molar-refractivity contribution < 1.29 is 0 Å². The van der Waals surface area contributed by atoms with Crippen LogP contribution < -0.4 is 5.32 Å². The molecule has 1 rings (SSSR count). The first kappa shape index (κ1) is 15.3. The minimum atomic E-state index is 0.598. The SMILES string of the molecule is CCN(CC)CCCC(C)NCc1ccn(C)c1. The van der Waals surface area contributed by atoms with Crippen LogP contribution in [0.3, 0.4) is 0 Å². The quantitative estimate of drug-likeness (QED) is 0.728. The van der Waals surface area contributed by atoms with Crippen molar-refractivity contribution in [1.29, 1.82) is 0 Å². The third-order valence-corrected chi connectivity index (χ3v) is 3.55. The van der Waals surface area contributed by atoms with E-state index in [1.807, 2.05) is 0 Å². The summed E-state index contributed by atoms with van der Waals surface area (Å²) in [6.45, 7) is 11.3. The van der Waals surface area contributed by atoms with E-state index in [-0.39, 0.29) is 0 Å². The Kier molecular flexibility index (Phi) is 7.06. The van der Waals surface area contributed by atoms with E-state index in [4.69, 9.17) is 0 Å². The van der Waals surface area contributed by atoms with E-state index in [9.17, 15) is 0 Å². The Bertz CT molecular complexity index is 315. The lowest BCUT2D eigenvalue weighted by molar-refractivity contribution is 0.290. The van der Waals surface area contributed by atoms with Gasteiger partial charge in [-0.25, -0.2) is 0 Å². The van der Waals surface area contributed by atoms with Crippen LogP contribution in [0.2, 0.25) is 0 Å². The molecule has 0 saturated carbocycles. The predicted molar refractivity (Wildman–Crippen MR) is 78.7 cm³/mol. The van der Waals surface area contributed by atoms with Gasteiger partial charge in [-0.1, -0.05) is 13.8 Å². The van der Waals surface area contributed by atoms with Gasteiger partial charge in [-0.2, -0.15) is 0 Å². The molecule has 1 N–H and O–H groups in total. The van der Waals surface area contributed by atoms with Crippen molar-refractivity contribution in [3.05, 3.63) is 24.0 Å². The molecule has 104 valence electrons. The molecule has 18 heavy (non-hydrogen) atoms. The van der Waals surface area contributed by atoms with Crippen LogP contribution in [-0.4, -0.2) is 35.1 Å². The van der Waals surface area contributed by atoms with Crippen LogP contribution in [0.1, 0.15) is 39.2 Å². The summed E-state index contributed by atoms with van der Waals surface area (Å²) < 4.78 is 2.10. The Labute approximate surface area is 112 Å². The topological polar surface area (TPSA) is 20.2 Å². The Morgan fingerprint density at radius 2 is 2.06 bits per heavy atom. The standard InChI is InChI=1S/C15H29N3/c1-5-18(6-2)10-7-8-14(3)16-12-15-9-11-17(4)13-15/h9,11,13-14,16H,5-8,10,12H2,1-4H3. The molecule has 0 bridgehead atoms. The lowest BCUT2D eigenvalue weighted by atomic mass is 10.1. The molecule has 0 spiro atoms. The van der Waals surface area contributed by atoms with E-state index in [0.29, 0.717) is 6.04 Å². The molecule has 0 radical (unpaired) electrons. The maximum Gasteiger partial charge on any atom is 0.0223 e. The van der Waals surface area contributed by atoms with Gasteiger partial charge in [-0.05, 0) is 51.0 Å². The van der Waals surface area contributed by atoms with Crippen LogP contribution in [-0.2, 0) is 13.6 Å². The lowest BCUT2D eigenvalue weighted by Crippen LogP contribution is -2.28. The van der Waals surface area contributed by atoms with Crippen LogP contribution in [0, 0.1) is 0 Å². The second kappa shape index (κ2) is 8.33. The van der Waals surface area contributed by atoms with Gasteiger partial charge in [0.15, 0.2) is 0 Å². The molecule has 1 aromatic rings. The van der Waals surface area contributed by atoms with Crippen LogP contribution >= 0.6 is 0 Å². The van der Waals surface area contributed by atoms with Gasteiger partial charge in [0.2, 0.25) is 0 Å². The molecular formula is C15H29N3. The molecule has 0 aliphatic rings. The number of nitrogens with zero attached hydrogens (tertiary/aromatic N) is 2. The maximum absolute atomic E-state index is 3.59. The zero-order chi connectivity index (χ0) is 13.4. The molecule has 0 aromatic carbocycles. The summed E-state index contributed by atoms with van der Waals surface area (Å²) in [5, 5.41) is 3.59. The van der Waals surface area contributed by atoms with Gasteiger partial charge in [-0.15, -0.1) is 0 Å². The van der Waals surface area contributed by atoms with Crippen molar-refractivity contribution in [1.82, 2.24) is 14.8 Å². The van der Waals surface area contributed by atoms with Gasteiger partial charge in [0.05, 0.1) is 0 Å². The maximum atomic E-state index is 3.59. The first-order chi connectivity index (χ1) is 8.65. The number of hydrogen-bond acceptors (Lipinski definition) is 2. The minimum Gasteiger partial charge on any atom is -0.357 e. The summed E-state index contributed by atoms with van der Waals surface area (Å²) in [5.41, 5.74) is 1.37.